The quantitative estimate of drug-likeness (QED) is 0.456. The van der Waals surface area contributed by atoms with Crippen molar-refractivity contribution in [2.45, 2.75) is 13.3 Å². The number of allylic oxidation sites excluding steroid dienone is 1. The van der Waals surface area contributed by atoms with E-state index in [1.54, 1.807) is 6.92 Å². The minimum atomic E-state index is 0.185. The molecule has 0 aliphatic rings. The van der Waals surface area contributed by atoms with Gasteiger partial charge in [0.25, 0.3) is 0 Å². The summed E-state index contributed by atoms with van der Waals surface area (Å²) in [6, 6.07) is 19.3. The van der Waals surface area contributed by atoms with Crippen LogP contribution in [0.4, 0.5) is 0 Å². The standard InChI is InChI=1S/C20H18OS/c1-15(21)22-13-7-6-9-17-14-16-8-2-3-10-18(16)20-12-5-4-11-19(17)20/h2-6,8-12,14H,7,13H2,1H3. The van der Waals surface area contributed by atoms with Gasteiger partial charge in [0.05, 0.1) is 0 Å². The van der Waals surface area contributed by atoms with E-state index in [2.05, 4.69) is 66.7 Å². The largest absolute Gasteiger partial charge is 0.288 e. The topological polar surface area (TPSA) is 17.1 Å². The molecule has 0 fully saturated rings. The Morgan fingerprint density at radius 1 is 1.00 bits per heavy atom. The molecule has 0 N–H and O–H groups in total. The summed E-state index contributed by atoms with van der Waals surface area (Å²) in [5, 5.41) is 5.31. The lowest BCUT2D eigenvalue weighted by atomic mass is 9.97. The number of hydrogen-bond acceptors (Lipinski definition) is 2. The van der Waals surface area contributed by atoms with Crippen molar-refractivity contribution in [3.05, 3.63) is 66.2 Å². The third-order valence-corrected chi connectivity index (χ3v) is 4.53. The van der Waals surface area contributed by atoms with Crippen molar-refractivity contribution in [2.75, 3.05) is 5.75 Å². The zero-order valence-electron chi connectivity index (χ0n) is 12.6. The third-order valence-electron chi connectivity index (χ3n) is 3.69. The van der Waals surface area contributed by atoms with Crippen LogP contribution in [0.2, 0.25) is 0 Å². The van der Waals surface area contributed by atoms with E-state index in [9.17, 15) is 4.79 Å². The lowest BCUT2D eigenvalue weighted by Gasteiger charge is -2.07. The second-order valence-electron chi connectivity index (χ2n) is 5.26. The Bertz CT molecular complexity index is 849. The van der Waals surface area contributed by atoms with Crippen molar-refractivity contribution in [3.8, 4) is 0 Å². The Hall–Kier alpha value is -2.06. The molecule has 0 aliphatic heterocycles. The summed E-state index contributed by atoms with van der Waals surface area (Å²) >= 11 is 1.38. The summed E-state index contributed by atoms with van der Waals surface area (Å²) in [6.07, 6.45) is 5.24. The van der Waals surface area contributed by atoms with Crippen LogP contribution in [0.5, 0.6) is 0 Å². The van der Waals surface area contributed by atoms with Crippen LogP contribution in [0, 0.1) is 0 Å². The second-order valence-corrected chi connectivity index (χ2v) is 6.54. The first-order valence-electron chi connectivity index (χ1n) is 7.46. The number of carbonyl (C=O) groups excluding carboxylic acids is 1. The highest BCUT2D eigenvalue weighted by Gasteiger charge is 2.03. The lowest BCUT2D eigenvalue weighted by Crippen LogP contribution is -1.84. The first kappa shape index (κ1) is 14.9. The van der Waals surface area contributed by atoms with Gasteiger partial charge in [0.15, 0.2) is 5.12 Å². The average Bonchev–Trinajstić information content (AvgIpc) is 2.54. The summed E-state index contributed by atoms with van der Waals surface area (Å²) in [7, 11) is 0. The van der Waals surface area contributed by atoms with Gasteiger partial charge in [0.2, 0.25) is 0 Å². The monoisotopic (exact) mass is 306 g/mol. The van der Waals surface area contributed by atoms with Crippen LogP contribution in [-0.2, 0) is 4.79 Å². The molecule has 0 spiro atoms. The van der Waals surface area contributed by atoms with Crippen molar-refractivity contribution < 1.29 is 4.79 Å². The molecule has 0 saturated carbocycles. The van der Waals surface area contributed by atoms with Crippen molar-refractivity contribution >= 4 is 44.5 Å². The molecule has 3 rings (SSSR count). The highest BCUT2D eigenvalue weighted by molar-refractivity contribution is 8.13. The van der Waals surface area contributed by atoms with E-state index in [-0.39, 0.29) is 5.12 Å². The van der Waals surface area contributed by atoms with Gasteiger partial charge < -0.3 is 0 Å². The Morgan fingerprint density at radius 3 is 2.45 bits per heavy atom. The lowest BCUT2D eigenvalue weighted by molar-refractivity contribution is -0.109. The maximum absolute atomic E-state index is 10.9. The molecule has 0 radical (unpaired) electrons. The molecule has 2 heteroatoms. The molecule has 3 aromatic rings. The summed E-state index contributed by atoms with van der Waals surface area (Å²) in [5.74, 6) is 0.845. The molecule has 0 aliphatic carbocycles. The van der Waals surface area contributed by atoms with Crippen LogP contribution in [0.3, 0.4) is 0 Å². The number of benzene rings is 3. The number of thioether (sulfide) groups is 1. The molecule has 110 valence electrons. The highest BCUT2D eigenvalue weighted by atomic mass is 32.2. The second kappa shape index (κ2) is 6.80. The molecule has 0 amide bonds. The maximum Gasteiger partial charge on any atom is 0.185 e. The molecular weight excluding hydrogens is 288 g/mol. The zero-order valence-corrected chi connectivity index (χ0v) is 13.4. The first-order valence-corrected chi connectivity index (χ1v) is 8.44. The van der Waals surface area contributed by atoms with Gasteiger partial charge in [-0.15, -0.1) is 0 Å². The van der Waals surface area contributed by atoms with Gasteiger partial charge in [-0.1, -0.05) is 72.4 Å². The zero-order chi connectivity index (χ0) is 15.4. The van der Waals surface area contributed by atoms with E-state index in [0.717, 1.165) is 12.2 Å². The fourth-order valence-electron chi connectivity index (χ4n) is 2.70. The number of fused-ring (bicyclic) bond motifs is 3. The van der Waals surface area contributed by atoms with Crippen molar-refractivity contribution in [2.24, 2.45) is 0 Å². The first-order chi connectivity index (χ1) is 10.8. The predicted molar refractivity (Wildman–Crippen MR) is 98.2 cm³/mol. The molecule has 22 heavy (non-hydrogen) atoms. The summed E-state index contributed by atoms with van der Waals surface area (Å²) in [5.41, 5.74) is 1.24. The third kappa shape index (κ3) is 3.23. The van der Waals surface area contributed by atoms with Crippen LogP contribution >= 0.6 is 11.8 Å². The molecule has 0 heterocycles. The molecule has 0 atom stereocenters. The number of rotatable bonds is 4. The molecule has 0 bridgehead atoms. The van der Waals surface area contributed by atoms with Gasteiger partial charge >= 0.3 is 0 Å². The smallest absolute Gasteiger partial charge is 0.185 e. The van der Waals surface area contributed by atoms with Crippen molar-refractivity contribution in [1.82, 2.24) is 0 Å². The van der Waals surface area contributed by atoms with Crippen LogP contribution in [0.25, 0.3) is 27.6 Å². The molecule has 3 aromatic carbocycles. The predicted octanol–water partition coefficient (Wildman–Crippen LogP) is 5.68. The van der Waals surface area contributed by atoms with E-state index >= 15 is 0 Å². The molecule has 1 nitrogen and oxygen atoms in total. The summed E-state index contributed by atoms with van der Waals surface area (Å²) in [6.45, 7) is 1.62. The normalized spacial score (nSPS) is 11.5. The van der Waals surface area contributed by atoms with Crippen LogP contribution in [-0.4, -0.2) is 10.9 Å². The minimum absolute atomic E-state index is 0.185. The molecular formula is C20H18OS. The van der Waals surface area contributed by atoms with Gasteiger partial charge in [-0.3, -0.25) is 4.79 Å². The molecule has 0 unspecified atom stereocenters. The minimum Gasteiger partial charge on any atom is -0.288 e. The Morgan fingerprint density at radius 2 is 1.68 bits per heavy atom. The highest BCUT2D eigenvalue weighted by Crippen LogP contribution is 2.29. The van der Waals surface area contributed by atoms with Crippen LogP contribution in [0.1, 0.15) is 18.9 Å². The molecule has 0 aromatic heterocycles. The van der Waals surface area contributed by atoms with E-state index in [1.165, 1.54) is 38.9 Å². The van der Waals surface area contributed by atoms with Gasteiger partial charge in [-0.05, 0) is 39.6 Å². The fraction of sp³-hybridized carbons (Fsp3) is 0.150. The van der Waals surface area contributed by atoms with E-state index < -0.39 is 0 Å². The van der Waals surface area contributed by atoms with Gasteiger partial charge in [-0.25, -0.2) is 0 Å². The SMILES string of the molecule is CC(=O)SCCC=Cc1cc2ccccc2c2ccccc12. The van der Waals surface area contributed by atoms with Crippen LogP contribution < -0.4 is 0 Å². The van der Waals surface area contributed by atoms with Gasteiger partial charge in [-0.2, -0.15) is 0 Å². The van der Waals surface area contributed by atoms with E-state index in [4.69, 9.17) is 0 Å². The van der Waals surface area contributed by atoms with Gasteiger partial charge in [0, 0.05) is 12.7 Å². The summed E-state index contributed by atoms with van der Waals surface area (Å²) in [4.78, 5) is 10.9. The average molecular weight is 306 g/mol. The summed E-state index contributed by atoms with van der Waals surface area (Å²) < 4.78 is 0. The maximum atomic E-state index is 10.9. The van der Waals surface area contributed by atoms with Crippen molar-refractivity contribution in [3.63, 3.8) is 0 Å². The Balaban J connectivity index is 1.97. The fourth-order valence-corrected chi connectivity index (χ4v) is 3.24. The van der Waals surface area contributed by atoms with Crippen molar-refractivity contribution in [1.29, 1.82) is 0 Å². The Labute approximate surface area is 135 Å². The number of hydrogen-bond donors (Lipinski definition) is 0. The van der Waals surface area contributed by atoms with E-state index in [0.29, 0.717) is 0 Å². The molecule has 0 saturated heterocycles. The Kier molecular flexibility index (Phi) is 4.59. The van der Waals surface area contributed by atoms with Gasteiger partial charge in [0.1, 0.15) is 0 Å². The number of carbonyl (C=O) groups is 1. The van der Waals surface area contributed by atoms with E-state index in [1.807, 2.05) is 0 Å². The van der Waals surface area contributed by atoms with Crippen LogP contribution in [0.15, 0.2) is 60.7 Å².